The summed E-state index contributed by atoms with van der Waals surface area (Å²) in [5.74, 6) is 1.53. The number of hydrogen-bond donors (Lipinski definition) is 1. The predicted octanol–water partition coefficient (Wildman–Crippen LogP) is 1.84. The van der Waals surface area contributed by atoms with Crippen LogP contribution in [0.5, 0.6) is 0 Å². The normalized spacial score (nSPS) is 13.9. The molecule has 1 aromatic heterocycles. The van der Waals surface area contributed by atoms with Crippen molar-refractivity contribution in [2.45, 2.75) is 32.8 Å². The predicted molar refractivity (Wildman–Crippen MR) is 62.0 cm³/mol. The van der Waals surface area contributed by atoms with Gasteiger partial charge in [0.15, 0.2) is 0 Å². The summed E-state index contributed by atoms with van der Waals surface area (Å²) in [4.78, 5) is 0. The SMILES string of the molecule is CCS(=O)(=O)CCCC(O)c1ccc(C)o1. The molecule has 0 bridgehead atoms. The molecule has 0 saturated heterocycles. The Balaban J connectivity index is 2.39. The van der Waals surface area contributed by atoms with Crippen molar-refractivity contribution in [2.75, 3.05) is 11.5 Å². The number of hydrogen-bond acceptors (Lipinski definition) is 4. The van der Waals surface area contributed by atoms with Crippen LogP contribution in [0.2, 0.25) is 0 Å². The van der Waals surface area contributed by atoms with Crippen LogP contribution in [0.25, 0.3) is 0 Å². The first-order valence-electron chi connectivity index (χ1n) is 5.39. The summed E-state index contributed by atoms with van der Waals surface area (Å²) in [6, 6.07) is 3.50. The van der Waals surface area contributed by atoms with E-state index < -0.39 is 15.9 Å². The second kappa shape index (κ2) is 5.50. The molecule has 1 atom stereocenters. The highest BCUT2D eigenvalue weighted by Gasteiger charge is 2.13. The van der Waals surface area contributed by atoms with E-state index in [0.717, 1.165) is 5.76 Å². The Kier molecular flexibility index (Phi) is 4.56. The summed E-state index contributed by atoms with van der Waals surface area (Å²) in [6.45, 7) is 3.43. The number of aliphatic hydroxyl groups is 1. The van der Waals surface area contributed by atoms with E-state index in [9.17, 15) is 13.5 Å². The largest absolute Gasteiger partial charge is 0.464 e. The van der Waals surface area contributed by atoms with Crippen LogP contribution in [-0.2, 0) is 9.84 Å². The number of sulfone groups is 1. The lowest BCUT2D eigenvalue weighted by atomic mass is 10.2. The highest BCUT2D eigenvalue weighted by molar-refractivity contribution is 7.91. The maximum atomic E-state index is 11.2. The van der Waals surface area contributed by atoms with Gasteiger partial charge in [0.1, 0.15) is 27.5 Å². The molecule has 0 fully saturated rings. The van der Waals surface area contributed by atoms with Crippen molar-refractivity contribution in [1.29, 1.82) is 0 Å². The van der Waals surface area contributed by atoms with Crippen molar-refractivity contribution >= 4 is 9.84 Å². The van der Waals surface area contributed by atoms with Crippen molar-refractivity contribution < 1.29 is 17.9 Å². The minimum atomic E-state index is -2.93. The van der Waals surface area contributed by atoms with Gasteiger partial charge in [0, 0.05) is 5.75 Å². The third-order valence-electron chi connectivity index (χ3n) is 2.46. The molecule has 1 N–H and O–H groups in total. The summed E-state index contributed by atoms with van der Waals surface area (Å²) in [5.41, 5.74) is 0. The Hall–Kier alpha value is -0.810. The smallest absolute Gasteiger partial charge is 0.150 e. The number of rotatable bonds is 6. The fourth-order valence-electron chi connectivity index (χ4n) is 1.42. The summed E-state index contributed by atoms with van der Waals surface area (Å²) < 4.78 is 27.7. The molecule has 0 amide bonds. The molecule has 1 unspecified atom stereocenters. The van der Waals surface area contributed by atoms with Crippen LogP contribution in [0.4, 0.5) is 0 Å². The Morgan fingerprint density at radius 1 is 1.44 bits per heavy atom. The van der Waals surface area contributed by atoms with E-state index in [1.165, 1.54) is 0 Å². The number of aryl methyl sites for hydroxylation is 1. The second-order valence-corrected chi connectivity index (χ2v) is 6.32. The average Bonchev–Trinajstić information content (AvgIpc) is 2.64. The average molecular weight is 246 g/mol. The molecule has 92 valence electrons. The van der Waals surface area contributed by atoms with E-state index in [1.807, 2.05) is 0 Å². The number of furan rings is 1. The van der Waals surface area contributed by atoms with Gasteiger partial charge in [-0.15, -0.1) is 0 Å². The molecule has 0 aromatic carbocycles. The third kappa shape index (κ3) is 3.98. The van der Waals surface area contributed by atoms with Gasteiger partial charge in [0.2, 0.25) is 0 Å². The monoisotopic (exact) mass is 246 g/mol. The quantitative estimate of drug-likeness (QED) is 0.831. The van der Waals surface area contributed by atoms with Gasteiger partial charge in [-0.05, 0) is 31.9 Å². The first-order valence-corrected chi connectivity index (χ1v) is 7.21. The molecule has 0 aliphatic carbocycles. The summed E-state index contributed by atoms with van der Waals surface area (Å²) in [5, 5.41) is 9.71. The molecule has 16 heavy (non-hydrogen) atoms. The molecule has 5 heteroatoms. The summed E-state index contributed by atoms with van der Waals surface area (Å²) in [7, 11) is -2.93. The maximum absolute atomic E-state index is 11.2. The van der Waals surface area contributed by atoms with Crippen molar-refractivity contribution in [3.63, 3.8) is 0 Å². The van der Waals surface area contributed by atoms with E-state index >= 15 is 0 Å². The van der Waals surface area contributed by atoms with Gasteiger partial charge in [0.25, 0.3) is 0 Å². The Labute approximate surface area is 96.2 Å². The summed E-state index contributed by atoms with van der Waals surface area (Å²) >= 11 is 0. The van der Waals surface area contributed by atoms with Crippen LogP contribution in [0, 0.1) is 6.92 Å². The van der Waals surface area contributed by atoms with Crippen molar-refractivity contribution in [3.8, 4) is 0 Å². The standard InChI is InChI=1S/C11H18O4S/c1-3-16(13,14)8-4-5-10(12)11-7-6-9(2)15-11/h6-7,10,12H,3-5,8H2,1-2H3. The second-order valence-electron chi connectivity index (χ2n) is 3.84. The zero-order valence-electron chi connectivity index (χ0n) is 9.64. The number of aliphatic hydroxyl groups excluding tert-OH is 1. The lowest BCUT2D eigenvalue weighted by molar-refractivity contribution is 0.138. The highest BCUT2D eigenvalue weighted by Crippen LogP contribution is 2.20. The van der Waals surface area contributed by atoms with Crippen LogP contribution < -0.4 is 0 Å². The van der Waals surface area contributed by atoms with E-state index in [0.29, 0.717) is 18.6 Å². The maximum Gasteiger partial charge on any atom is 0.150 e. The molecule has 1 heterocycles. The van der Waals surface area contributed by atoms with Gasteiger partial charge >= 0.3 is 0 Å². The molecule has 1 rings (SSSR count). The summed E-state index contributed by atoms with van der Waals surface area (Å²) in [6.07, 6.45) is 0.157. The molecule has 0 saturated carbocycles. The van der Waals surface area contributed by atoms with Crippen LogP contribution in [0.15, 0.2) is 16.5 Å². The Bertz CT molecular complexity index is 419. The van der Waals surface area contributed by atoms with E-state index in [-0.39, 0.29) is 11.5 Å². The highest BCUT2D eigenvalue weighted by atomic mass is 32.2. The topological polar surface area (TPSA) is 67.5 Å². The van der Waals surface area contributed by atoms with Crippen molar-refractivity contribution in [1.82, 2.24) is 0 Å². The van der Waals surface area contributed by atoms with Crippen LogP contribution >= 0.6 is 0 Å². The molecule has 4 nitrogen and oxygen atoms in total. The van der Waals surface area contributed by atoms with Gasteiger partial charge in [-0.1, -0.05) is 6.92 Å². The van der Waals surface area contributed by atoms with Gasteiger partial charge < -0.3 is 9.52 Å². The first kappa shape index (κ1) is 13.3. The molecule has 0 aliphatic rings. The fourth-order valence-corrected chi connectivity index (χ4v) is 2.31. The van der Waals surface area contributed by atoms with Gasteiger partial charge in [0.05, 0.1) is 5.75 Å². The van der Waals surface area contributed by atoms with Crippen molar-refractivity contribution in [3.05, 3.63) is 23.7 Å². The van der Waals surface area contributed by atoms with Crippen LogP contribution in [0.3, 0.4) is 0 Å². The minimum absolute atomic E-state index is 0.125. The molecular formula is C11H18O4S. The Morgan fingerprint density at radius 2 is 2.12 bits per heavy atom. The van der Waals surface area contributed by atoms with E-state index in [1.54, 1.807) is 26.0 Å². The van der Waals surface area contributed by atoms with Gasteiger partial charge in [-0.25, -0.2) is 8.42 Å². The molecule has 0 aliphatic heterocycles. The minimum Gasteiger partial charge on any atom is -0.464 e. The Morgan fingerprint density at radius 3 is 2.62 bits per heavy atom. The third-order valence-corrected chi connectivity index (χ3v) is 4.25. The lowest BCUT2D eigenvalue weighted by Gasteiger charge is -2.07. The van der Waals surface area contributed by atoms with Gasteiger partial charge in [-0.3, -0.25) is 0 Å². The zero-order valence-corrected chi connectivity index (χ0v) is 10.5. The van der Waals surface area contributed by atoms with Crippen LogP contribution in [0.1, 0.15) is 37.4 Å². The molecule has 0 spiro atoms. The van der Waals surface area contributed by atoms with Crippen LogP contribution in [-0.4, -0.2) is 25.0 Å². The van der Waals surface area contributed by atoms with Gasteiger partial charge in [-0.2, -0.15) is 0 Å². The lowest BCUT2D eigenvalue weighted by Crippen LogP contribution is -2.09. The van der Waals surface area contributed by atoms with Crippen molar-refractivity contribution in [2.24, 2.45) is 0 Å². The molecular weight excluding hydrogens is 228 g/mol. The molecule has 1 aromatic rings. The zero-order chi connectivity index (χ0) is 12.2. The van der Waals surface area contributed by atoms with E-state index in [4.69, 9.17) is 4.42 Å². The molecule has 0 radical (unpaired) electrons. The first-order chi connectivity index (χ1) is 7.44. The fraction of sp³-hybridized carbons (Fsp3) is 0.636. The van der Waals surface area contributed by atoms with E-state index in [2.05, 4.69) is 0 Å².